The minimum absolute atomic E-state index is 0.0301. The van der Waals surface area contributed by atoms with Gasteiger partial charge in [-0.25, -0.2) is 0 Å². The summed E-state index contributed by atoms with van der Waals surface area (Å²) >= 11 is 0. The lowest BCUT2D eigenvalue weighted by atomic mass is 9.90. The molecule has 1 aliphatic rings. The van der Waals surface area contributed by atoms with Crippen molar-refractivity contribution >= 4 is 5.91 Å². The van der Waals surface area contributed by atoms with Crippen LogP contribution in [0.15, 0.2) is 24.3 Å². The Balaban J connectivity index is 2.09. The first-order valence-electron chi connectivity index (χ1n) is 5.92. The van der Waals surface area contributed by atoms with E-state index in [0.717, 1.165) is 25.9 Å². The highest BCUT2D eigenvalue weighted by Gasteiger charge is 2.29. The van der Waals surface area contributed by atoms with Gasteiger partial charge in [0.25, 0.3) is 5.91 Å². The Bertz CT molecular complexity index is 412. The summed E-state index contributed by atoms with van der Waals surface area (Å²) in [6, 6.07) is 6.62. The van der Waals surface area contributed by atoms with Gasteiger partial charge in [0.15, 0.2) is 0 Å². The Kier molecular flexibility index (Phi) is 3.33. The van der Waals surface area contributed by atoms with Crippen molar-refractivity contribution < 1.29 is 9.90 Å². The third-order valence-corrected chi connectivity index (χ3v) is 3.27. The molecule has 3 N–H and O–H groups in total. The summed E-state index contributed by atoms with van der Waals surface area (Å²) in [6.07, 6.45) is 1.82. The van der Waals surface area contributed by atoms with E-state index in [4.69, 9.17) is 0 Å². The van der Waals surface area contributed by atoms with E-state index >= 15 is 0 Å². The van der Waals surface area contributed by atoms with Crippen molar-refractivity contribution in [3.63, 3.8) is 0 Å². The molecule has 1 amide bonds. The lowest BCUT2D eigenvalue weighted by Crippen LogP contribution is -2.52. The minimum atomic E-state index is -0.201. The summed E-state index contributed by atoms with van der Waals surface area (Å²) in [6.45, 7) is 3.88. The molecule has 0 radical (unpaired) electrons. The molecule has 1 aromatic carbocycles. The summed E-state index contributed by atoms with van der Waals surface area (Å²) < 4.78 is 0. The Morgan fingerprint density at radius 3 is 2.65 bits per heavy atom. The number of hydrogen-bond donors (Lipinski definition) is 3. The fourth-order valence-electron chi connectivity index (χ4n) is 2.11. The second-order valence-electron chi connectivity index (χ2n) is 4.78. The van der Waals surface area contributed by atoms with Crippen LogP contribution in [0.25, 0.3) is 0 Å². The second-order valence-corrected chi connectivity index (χ2v) is 4.78. The third kappa shape index (κ3) is 2.77. The number of aromatic hydroxyl groups is 1. The summed E-state index contributed by atoms with van der Waals surface area (Å²) in [5.41, 5.74) is 0.164. The first-order chi connectivity index (χ1) is 8.11. The number of phenols is 1. The lowest BCUT2D eigenvalue weighted by Gasteiger charge is -2.35. The first-order valence-corrected chi connectivity index (χ1v) is 5.92. The molecule has 1 fully saturated rings. The number of hydrogen-bond acceptors (Lipinski definition) is 3. The van der Waals surface area contributed by atoms with Gasteiger partial charge >= 0.3 is 0 Å². The molecule has 0 atom stereocenters. The molecule has 0 aromatic heterocycles. The van der Waals surface area contributed by atoms with Crippen molar-refractivity contribution in [3.05, 3.63) is 29.8 Å². The predicted molar refractivity (Wildman–Crippen MR) is 66.1 cm³/mol. The highest BCUT2D eigenvalue weighted by Crippen LogP contribution is 2.20. The van der Waals surface area contributed by atoms with Crippen LogP contribution in [0.1, 0.15) is 30.1 Å². The standard InChI is InChI=1S/C13H18N2O2/c1-13(6-8-14-9-7-13)15-12(17)10-4-2-3-5-11(10)16/h2-5,14,16H,6-9H2,1H3,(H,15,17). The number of benzene rings is 1. The summed E-state index contributed by atoms with van der Waals surface area (Å²) in [5.74, 6) is -0.171. The predicted octanol–water partition coefficient (Wildman–Crippen LogP) is 1.26. The van der Waals surface area contributed by atoms with E-state index in [9.17, 15) is 9.90 Å². The van der Waals surface area contributed by atoms with E-state index in [2.05, 4.69) is 10.6 Å². The van der Waals surface area contributed by atoms with Gasteiger partial charge in [-0.05, 0) is 45.0 Å². The number of para-hydroxylation sites is 1. The Morgan fingerprint density at radius 1 is 1.35 bits per heavy atom. The molecule has 92 valence electrons. The zero-order valence-corrected chi connectivity index (χ0v) is 9.99. The summed E-state index contributed by atoms with van der Waals surface area (Å²) in [4.78, 5) is 12.0. The molecule has 4 heteroatoms. The van der Waals surface area contributed by atoms with Crippen molar-refractivity contribution in [3.8, 4) is 5.75 Å². The molecule has 4 nitrogen and oxygen atoms in total. The normalized spacial score (nSPS) is 18.6. The Morgan fingerprint density at radius 2 is 2.00 bits per heavy atom. The molecular weight excluding hydrogens is 216 g/mol. The first kappa shape index (κ1) is 11.9. The highest BCUT2D eigenvalue weighted by atomic mass is 16.3. The molecule has 1 aliphatic heterocycles. The van der Waals surface area contributed by atoms with Crippen molar-refractivity contribution in [1.29, 1.82) is 0 Å². The van der Waals surface area contributed by atoms with Crippen molar-refractivity contribution in [2.24, 2.45) is 0 Å². The molecule has 2 rings (SSSR count). The van der Waals surface area contributed by atoms with E-state index < -0.39 is 0 Å². The van der Waals surface area contributed by atoms with E-state index in [0.29, 0.717) is 5.56 Å². The highest BCUT2D eigenvalue weighted by molar-refractivity contribution is 5.97. The van der Waals surface area contributed by atoms with Gasteiger partial charge in [0.2, 0.25) is 0 Å². The van der Waals surface area contributed by atoms with Crippen LogP contribution < -0.4 is 10.6 Å². The van der Waals surface area contributed by atoms with Crippen molar-refractivity contribution in [1.82, 2.24) is 10.6 Å². The van der Waals surface area contributed by atoms with Gasteiger partial charge in [-0.1, -0.05) is 12.1 Å². The summed E-state index contributed by atoms with van der Waals surface area (Å²) in [7, 11) is 0. The monoisotopic (exact) mass is 234 g/mol. The van der Waals surface area contributed by atoms with Gasteiger partial charge < -0.3 is 15.7 Å². The molecule has 17 heavy (non-hydrogen) atoms. The van der Waals surface area contributed by atoms with Gasteiger partial charge in [0.1, 0.15) is 5.75 Å². The zero-order chi connectivity index (χ0) is 12.3. The molecular formula is C13H18N2O2. The maximum atomic E-state index is 12.0. The lowest BCUT2D eigenvalue weighted by molar-refractivity contribution is 0.0885. The molecule has 0 saturated carbocycles. The number of rotatable bonds is 2. The van der Waals surface area contributed by atoms with Crippen molar-refractivity contribution in [2.75, 3.05) is 13.1 Å². The third-order valence-electron chi connectivity index (χ3n) is 3.27. The maximum Gasteiger partial charge on any atom is 0.255 e. The number of nitrogens with one attached hydrogen (secondary N) is 2. The van der Waals surface area contributed by atoms with E-state index in [-0.39, 0.29) is 17.2 Å². The molecule has 0 spiro atoms. The van der Waals surface area contributed by atoms with Crippen LogP contribution in [0.2, 0.25) is 0 Å². The van der Waals surface area contributed by atoms with E-state index in [1.54, 1.807) is 18.2 Å². The molecule has 1 aromatic rings. The number of carbonyl (C=O) groups is 1. The van der Waals surface area contributed by atoms with E-state index in [1.807, 2.05) is 6.92 Å². The van der Waals surface area contributed by atoms with Crippen LogP contribution in [0.3, 0.4) is 0 Å². The quantitative estimate of drug-likeness (QED) is 0.722. The van der Waals surface area contributed by atoms with Gasteiger partial charge in [-0.15, -0.1) is 0 Å². The molecule has 1 heterocycles. The molecule has 0 unspecified atom stereocenters. The van der Waals surface area contributed by atoms with Gasteiger partial charge in [-0.3, -0.25) is 4.79 Å². The summed E-state index contributed by atoms with van der Waals surface area (Å²) in [5, 5.41) is 15.9. The topological polar surface area (TPSA) is 61.4 Å². The number of carbonyl (C=O) groups excluding carboxylic acids is 1. The smallest absolute Gasteiger partial charge is 0.255 e. The van der Waals surface area contributed by atoms with Gasteiger partial charge in [0.05, 0.1) is 5.56 Å². The fraction of sp³-hybridized carbons (Fsp3) is 0.462. The largest absolute Gasteiger partial charge is 0.507 e. The number of amides is 1. The molecule has 1 saturated heterocycles. The SMILES string of the molecule is CC1(NC(=O)c2ccccc2O)CCNCC1. The van der Waals surface area contributed by atoms with Crippen molar-refractivity contribution in [2.45, 2.75) is 25.3 Å². The Labute approximate surface area is 101 Å². The van der Waals surface area contributed by atoms with Crippen LogP contribution >= 0.6 is 0 Å². The minimum Gasteiger partial charge on any atom is -0.507 e. The number of piperidine rings is 1. The zero-order valence-electron chi connectivity index (χ0n) is 9.99. The van der Waals surface area contributed by atoms with Gasteiger partial charge in [0, 0.05) is 5.54 Å². The van der Waals surface area contributed by atoms with Gasteiger partial charge in [-0.2, -0.15) is 0 Å². The molecule has 0 bridgehead atoms. The second kappa shape index (κ2) is 4.75. The maximum absolute atomic E-state index is 12.0. The van der Waals surface area contributed by atoms with E-state index in [1.165, 1.54) is 6.07 Å². The fourth-order valence-corrected chi connectivity index (χ4v) is 2.11. The van der Waals surface area contributed by atoms with Crippen LogP contribution in [0.4, 0.5) is 0 Å². The molecule has 0 aliphatic carbocycles. The van der Waals surface area contributed by atoms with Crippen LogP contribution in [-0.2, 0) is 0 Å². The average Bonchev–Trinajstić information content (AvgIpc) is 2.29. The number of phenolic OH excluding ortho intramolecular Hbond substituents is 1. The average molecular weight is 234 g/mol. The van der Waals surface area contributed by atoms with Crippen LogP contribution in [0.5, 0.6) is 5.75 Å². The van der Waals surface area contributed by atoms with Crippen LogP contribution in [-0.4, -0.2) is 29.6 Å². The Hall–Kier alpha value is -1.55. The van der Waals surface area contributed by atoms with Crippen LogP contribution in [0, 0.1) is 0 Å².